The van der Waals surface area contributed by atoms with Gasteiger partial charge >= 0.3 is 5.97 Å². The van der Waals surface area contributed by atoms with Gasteiger partial charge in [-0.2, -0.15) is 0 Å². The van der Waals surface area contributed by atoms with Crippen molar-refractivity contribution < 1.29 is 44.2 Å². The number of hydrogen-bond acceptors (Lipinski definition) is 8. The number of ketones is 1. The predicted molar refractivity (Wildman–Crippen MR) is 143 cm³/mol. The summed E-state index contributed by atoms with van der Waals surface area (Å²) in [6, 6.07) is 5.45. The first kappa shape index (κ1) is 29.7. The van der Waals surface area contributed by atoms with Crippen molar-refractivity contribution in [1.29, 1.82) is 0 Å². The molecule has 2 heterocycles. The second-order valence-electron chi connectivity index (χ2n) is 11.4. The molecule has 1 aromatic rings. The summed E-state index contributed by atoms with van der Waals surface area (Å²) in [5.74, 6) is -0.383. The quantitative estimate of drug-likeness (QED) is 0.167. The highest BCUT2D eigenvalue weighted by Crippen LogP contribution is 2.39. The number of hydrogen-bond donors (Lipinski definition) is 4. The minimum atomic E-state index is -1.07. The van der Waals surface area contributed by atoms with Gasteiger partial charge in [0.25, 0.3) is 0 Å². The van der Waals surface area contributed by atoms with Crippen LogP contribution in [0, 0.1) is 11.8 Å². The molecule has 9 heteroatoms. The molecule has 0 radical (unpaired) electrons. The Morgan fingerprint density at radius 2 is 1.90 bits per heavy atom. The lowest BCUT2D eigenvalue weighted by Crippen LogP contribution is -2.50. The zero-order valence-electron chi connectivity index (χ0n) is 23.0. The van der Waals surface area contributed by atoms with Crippen molar-refractivity contribution in [3.05, 3.63) is 40.5 Å². The van der Waals surface area contributed by atoms with Gasteiger partial charge in [0.05, 0.1) is 43.7 Å². The third kappa shape index (κ3) is 7.27. The topological polar surface area (TPSA) is 146 Å². The Morgan fingerprint density at radius 1 is 1.13 bits per heavy atom. The van der Waals surface area contributed by atoms with Crippen LogP contribution in [0.1, 0.15) is 75.2 Å². The Bertz CT molecular complexity index is 1060. The Kier molecular flexibility index (Phi) is 9.82. The van der Waals surface area contributed by atoms with Crippen LogP contribution in [-0.2, 0) is 20.7 Å². The van der Waals surface area contributed by atoms with Crippen LogP contribution in [-0.4, -0.2) is 82.0 Å². The van der Waals surface area contributed by atoms with Crippen molar-refractivity contribution in [1.82, 2.24) is 0 Å². The second-order valence-corrected chi connectivity index (χ2v) is 11.4. The molecule has 8 atom stereocenters. The number of aliphatic carboxylic acids is 1. The summed E-state index contributed by atoms with van der Waals surface area (Å²) < 4.78 is 17.5. The Hall–Kier alpha value is -2.30. The number of aliphatic hydroxyl groups excluding tert-OH is 3. The van der Waals surface area contributed by atoms with Crippen molar-refractivity contribution in [2.75, 3.05) is 13.2 Å². The number of rotatable bonds is 13. The van der Waals surface area contributed by atoms with E-state index in [1.54, 1.807) is 19.1 Å². The maximum absolute atomic E-state index is 13.1. The number of carboxylic acid groups (broad SMARTS) is 1. The molecule has 216 valence electrons. The number of carbonyl (C=O) groups is 2. The maximum atomic E-state index is 13.1. The van der Waals surface area contributed by atoms with Crippen LogP contribution in [0.2, 0.25) is 0 Å². The van der Waals surface area contributed by atoms with E-state index in [0.29, 0.717) is 55.8 Å². The zero-order chi connectivity index (χ0) is 28.3. The van der Waals surface area contributed by atoms with E-state index in [0.717, 1.165) is 24.0 Å². The van der Waals surface area contributed by atoms with E-state index in [9.17, 15) is 24.9 Å². The fourth-order valence-electron chi connectivity index (χ4n) is 5.69. The van der Waals surface area contributed by atoms with E-state index in [2.05, 4.69) is 0 Å². The molecule has 2 saturated heterocycles. The number of aliphatic hydroxyl groups is 3. The van der Waals surface area contributed by atoms with Gasteiger partial charge in [-0.05, 0) is 69.7 Å². The SMILES string of the molecule is CC(C[C@@H]1OC[C@H](C[C@@H]2O[C@H]2[C@@H](C)[C@H](C)O)[C@@H](O)[C@H]1O)=C1Cc2cc(OCCCCCC(=O)O)ccc2C1=O. The molecule has 2 aliphatic heterocycles. The zero-order valence-corrected chi connectivity index (χ0v) is 23.0. The molecule has 0 aromatic heterocycles. The maximum Gasteiger partial charge on any atom is 0.303 e. The number of carbonyl (C=O) groups excluding carboxylic acids is 1. The molecule has 39 heavy (non-hydrogen) atoms. The second kappa shape index (κ2) is 12.9. The molecule has 0 amide bonds. The lowest BCUT2D eigenvalue weighted by Gasteiger charge is -2.38. The molecule has 4 rings (SSSR count). The number of Topliss-reactive ketones (excluding diaryl/α,β-unsaturated/α-hetero) is 1. The molecule has 4 N–H and O–H groups in total. The number of epoxide rings is 1. The lowest BCUT2D eigenvalue weighted by molar-refractivity contribution is -0.165. The standard InChI is InChI=1S/C30H42O9/c1-16(11-24-29(36)27(34)20(15-38-24)14-25-30(39-25)17(2)18(3)31)23-13-19-12-21(8-9-22(19)28(23)35)37-10-6-4-5-7-26(32)33/h8-9,12,17-18,20,24-25,27,29-31,34,36H,4-7,10-11,13-15H2,1-3H3,(H,32,33)/t17-,18-,20-,24-,25-,27+,29-,30-/m0/s1. The van der Waals surface area contributed by atoms with Crippen LogP contribution in [0.15, 0.2) is 29.3 Å². The molecule has 9 nitrogen and oxygen atoms in total. The molecule has 1 aliphatic carbocycles. The summed E-state index contributed by atoms with van der Waals surface area (Å²) in [4.78, 5) is 23.7. The average Bonchev–Trinajstić information content (AvgIpc) is 3.58. The smallest absolute Gasteiger partial charge is 0.303 e. The largest absolute Gasteiger partial charge is 0.494 e. The number of allylic oxidation sites excluding steroid dienone is 1. The molecule has 0 spiro atoms. The molecule has 2 fully saturated rings. The summed E-state index contributed by atoms with van der Waals surface area (Å²) in [7, 11) is 0. The highest BCUT2D eigenvalue weighted by Gasteiger charge is 2.48. The van der Waals surface area contributed by atoms with Gasteiger partial charge in [-0.25, -0.2) is 0 Å². The van der Waals surface area contributed by atoms with Gasteiger partial charge in [-0.1, -0.05) is 12.5 Å². The Balaban J connectivity index is 1.28. The normalized spacial score (nSPS) is 31.0. The van der Waals surface area contributed by atoms with E-state index in [1.807, 2.05) is 19.9 Å². The van der Waals surface area contributed by atoms with E-state index in [-0.39, 0.29) is 36.2 Å². The summed E-state index contributed by atoms with van der Waals surface area (Å²) in [6.45, 7) is 6.34. The first-order valence-electron chi connectivity index (χ1n) is 14.1. The molecule has 0 unspecified atom stereocenters. The third-order valence-electron chi connectivity index (χ3n) is 8.46. The van der Waals surface area contributed by atoms with Gasteiger partial charge in [0, 0.05) is 35.8 Å². The number of benzene rings is 1. The van der Waals surface area contributed by atoms with Gasteiger partial charge in [-0.3, -0.25) is 9.59 Å². The van der Waals surface area contributed by atoms with Crippen molar-refractivity contribution in [3.8, 4) is 5.75 Å². The monoisotopic (exact) mass is 546 g/mol. The minimum Gasteiger partial charge on any atom is -0.494 e. The van der Waals surface area contributed by atoms with Crippen molar-refractivity contribution >= 4 is 11.8 Å². The first-order chi connectivity index (χ1) is 18.6. The Morgan fingerprint density at radius 3 is 2.62 bits per heavy atom. The van der Waals surface area contributed by atoms with E-state index in [1.165, 1.54) is 0 Å². The third-order valence-corrected chi connectivity index (χ3v) is 8.46. The molecule has 0 saturated carbocycles. The van der Waals surface area contributed by atoms with Crippen LogP contribution >= 0.6 is 0 Å². The number of fused-ring (bicyclic) bond motifs is 1. The highest BCUT2D eigenvalue weighted by atomic mass is 16.6. The summed E-state index contributed by atoms with van der Waals surface area (Å²) in [5.41, 5.74) is 3.06. The number of unbranched alkanes of at least 4 members (excludes halogenated alkanes) is 2. The van der Waals surface area contributed by atoms with Crippen molar-refractivity contribution in [2.45, 2.75) is 102 Å². The predicted octanol–water partition coefficient (Wildman–Crippen LogP) is 3.07. The highest BCUT2D eigenvalue weighted by molar-refractivity contribution is 6.13. The van der Waals surface area contributed by atoms with Gasteiger partial charge in [0.2, 0.25) is 0 Å². The average molecular weight is 547 g/mol. The van der Waals surface area contributed by atoms with E-state index < -0.39 is 30.4 Å². The molecule has 0 bridgehead atoms. The molecular formula is C30H42O9. The minimum absolute atomic E-state index is 0.00903. The van der Waals surface area contributed by atoms with Crippen LogP contribution in [0.25, 0.3) is 0 Å². The van der Waals surface area contributed by atoms with Gasteiger partial charge in [0.15, 0.2) is 5.78 Å². The van der Waals surface area contributed by atoms with Gasteiger partial charge < -0.3 is 34.6 Å². The fraction of sp³-hybridized carbons (Fsp3) is 0.667. The molecule has 3 aliphatic rings. The first-order valence-corrected chi connectivity index (χ1v) is 14.1. The van der Waals surface area contributed by atoms with Gasteiger partial charge in [-0.15, -0.1) is 0 Å². The van der Waals surface area contributed by atoms with Crippen LogP contribution in [0.3, 0.4) is 0 Å². The van der Waals surface area contributed by atoms with E-state index >= 15 is 0 Å². The van der Waals surface area contributed by atoms with Gasteiger partial charge in [0.1, 0.15) is 11.9 Å². The summed E-state index contributed by atoms with van der Waals surface area (Å²) in [5, 5.41) is 40.1. The number of ether oxygens (including phenoxy) is 3. The molecular weight excluding hydrogens is 504 g/mol. The van der Waals surface area contributed by atoms with Crippen LogP contribution in [0.4, 0.5) is 0 Å². The van der Waals surface area contributed by atoms with Crippen LogP contribution < -0.4 is 4.74 Å². The summed E-state index contributed by atoms with van der Waals surface area (Å²) in [6.07, 6.45) is 0.543. The van der Waals surface area contributed by atoms with Crippen molar-refractivity contribution in [2.24, 2.45) is 11.8 Å². The lowest BCUT2D eigenvalue weighted by atomic mass is 9.85. The fourth-order valence-corrected chi connectivity index (χ4v) is 5.69. The van der Waals surface area contributed by atoms with Crippen molar-refractivity contribution in [3.63, 3.8) is 0 Å². The molecule has 1 aromatic carbocycles. The number of carboxylic acids is 1. The van der Waals surface area contributed by atoms with Crippen LogP contribution in [0.5, 0.6) is 5.75 Å². The van der Waals surface area contributed by atoms with E-state index in [4.69, 9.17) is 19.3 Å². The Labute approximate surface area is 229 Å². The summed E-state index contributed by atoms with van der Waals surface area (Å²) >= 11 is 0.